The van der Waals surface area contributed by atoms with Gasteiger partial charge in [-0.25, -0.2) is 8.78 Å². The van der Waals surface area contributed by atoms with E-state index in [2.05, 4.69) is 5.32 Å². The predicted molar refractivity (Wildman–Crippen MR) is 108 cm³/mol. The van der Waals surface area contributed by atoms with Crippen LogP contribution in [0.25, 0.3) is 0 Å². The second-order valence-electron chi connectivity index (χ2n) is 8.51. The number of rotatable bonds is 3. The van der Waals surface area contributed by atoms with E-state index < -0.39 is 46.7 Å². The summed E-state index contributed by atoms with van der Waals surface area (Å²) in [4.78, 5) is 39.8. The van der Waals surface area contributed by atoms with E-state index in [-0.39, 0.29) is 16.8 Å². The summed E-state index contributed by atoms with van der Waals surface area (Å²) in [5.41, 5.74) is -2.03. The highest BCUT2D eigenvalue weighted by molar-refractivity contribution is 5.99. The number of aromatic hydroxyl groups is 1. The average molecular weight is 431 g/mol. The Morgan fingerprint density at radius 3 is 2.58 bits per heavy atom. The van der Waals surface area contributed by atoms with Crippen molar-refractivity contribution in [2.45, 2.75) is 45.2 Å². The van der Waals surface area contributed by atoms with E-state index in [4.69, 9.17) is 0 Å². The molecular formula is C22H23F2N3O4. The van der Waals surface area contributed by atoms with Crippen LogP contribution >= 0.6 is 0 Å². The molecule has 2 N–H and O–H groups in total. The molecule has 2 aliphatic rings. The summed E-state index contributed by atoms with van der Waals surface area (Å²) in [6.45, 7) is 3.93. The summed E-state index contributed by atoms with van der Waals surface area (Å²) in [5.74, 6) is -3.74. The van der Waals surface area contributed by atoms with Gasteiger partial charge < -0.3 is 19.9 Å². The number of aromatic nitrogens is 1. The van der Waals surface area contributed by atoms with Gasteiger partial charge in [0.05, 0.1) is 5.54 Å². The van der Waals surface area contributed by atoms with Crippen molar-refractivity contribution >= 4 is 11.8 Å². The molecule has 1 aromatic heterocycles. The number of hydrogen-bond donors (Lipinski definition) is 2. The summed E-state index contributed by atoms with van der Waals surface area (Å²) in [6, 6.07) is 2.29. The molecule has 4 rings (SSSR count). The van der Waals surface area contributed by atoms with Gasteiger partial charge in [-0.15, -0.1) is 0 Å². The number of nitrogens with zero attached hydrogens (tertiary/aromatic N) is 2. The number of hydrogen-bond acceptors (Lipinski definition) is 4. The molecule has 3 heterocycles. The Labute approximate surface area is 177 Å². The highest BCUT2D eigenvalue weighted by Gasteiger charge is 2.43. The Hall–Kier alpha value is -3.23. The van der Waals surface area contributed by atoms with Gasteiger partial charge in [-0.1, -0.05) is 0 Å². The van der Waals surface area contributed by atoms with Gasteiger partial charge in [-0.2, -0.15) is 0 Å². The molecule has 1 fully saturated rings. The highest BCUT2D eigenvalue weighted by atomic mass is 19.1. The van der Waals surface area contributed by atoms with Gasteiger partial charge in [-0.3, -0.25) is 14.4 Å². The molecule has 0 aliphatic carbocycles. The molecule has 7 nitrogen and oxygen atoms in total. The molecule has 2 bridgehead atoms. The lowest BCUT2D eigenvalue weighted by atomic mass is 9.92. The third-order valence-electron chi connectivity index (χ3n) is 6.14. The first-order chi connectivity index (χ1) is 14.6. The number of benzene rings is 1. The largest absolute Gasteiger partial charge is 0.503 e. The molecule has 9 heteroatoms. The maximum absolute atomic E-state index is 14.1. The molecule has 1 atom stereocenters. The fraction of sp³-hybridized carbons (Fsp3) is 0.409. The zero-order chi connectivity index (χ0) is 22.5. The summed E-state index contributed by atoms with van der Waals surface area (Å²) in [5, 5.41) is 12.9. The SMILES string of the molecule is Cc1cc(F)c(CNC(=O)c2cn3c(c(O)c2=O)C(=O)N2CCCCC3(C)C2)c(F)c1. The van der Waals surface area contributed by atoms with Crippen LogP contribution < -0.4 is 10.7 Å². The number of fused-ring (bicyclic) bond motifs is 4. The van der Waals surface area contributed by atoms with Crippen LogP contribution in [0.2, 0.25) is 0 Å². The molecule has 1 saturated heterocycles. The van der Waals surface area contributed by atoms with Crippen LogP contribution in [0.4, 0.5) is 8.78 Å². The van der Waals surface area contributed by atoms with Crippen LogP contribution in [-0.2, 0) is 12.1 Å². The maximum atomic E-state index is 14.1. The van der Waals surface area contributed by atoms with E-state index in [0.717, 1.165) is 25.0 Å². The van der Waals surface area contributed by atoms with Gasteiger partial charge in [0, 0.05) is 31.4 Å². The van der Waals surface area contributed by atoms with Gasteiger partial charge in [-0.05, 0) is 50.8 Å². The van der Waals surface area contributed by atoms with Crippen molar-refractivity contribution in [1.82, 2.24) is 14.8 Å². The van der Waals surface area contributed by atoms with E-state index in [9.17, 15) is 28.3 Å². The number of halogens is 2. The number of carbonyl (C=O) groups is 2. The zero-order valence-electron chi connectivity index (χ0n) is 17.3. The van der Waals surface area contributed by atoms with Crippen LogP contribution in [0.3, 0.4) is 0 Å². The lowest BCUT2D eigenvalue weighted by Gasteiger charge is -2.42. The van der Waals surface area contributed by atoms with Crippen molar-refractivity contribution in [2.75, 3.05) is 13.1 Å². The van der Waals surface area contributed by atoms with E-state index in [1.54, 1.807) is 11.8 Å². The summed E-state index contributed by atoms with van der Waals surface area (Å²) < 4.78 is 29.6. The Kier molecular flexibility index (Phi) is 5.07. The van der Waals surface area contributed by atoms with Gasteiger partial charge in [0.1, 0.15) is 17.2 Å². The molecular weight excluding hydrogens is 408 g/mol. The molecule has 2 amide bonds. The Morgan fingerprint density at radius 1 is 1.23 bits per heavy atom. The second kappa shape index (κ2) is 7.47. The highest BCUT2D eigenvalue weighted by Crippen LogP contribution is 2.36. The van der Waals surface area contributed by atoms with Crippen molar-refractivity contribution in [1.29, 1.82) is 0 Å². The van der Waals surface area contributed by atoms with Crippen LogP contribution in [0, 0.1) is 18.6 Å². The van der Waals surface area contributed by atoms with Crippen LogP contribution in [-0.4, -0.2) is 39.5 Å². The predicted octanol–water partition coefficient (Wildman–Crippen LogP) is 2.43. The van der Waals surface area contributed by atoms with E-state index in [1.165, 1.54) is 10.8 Å². The quantitative estimate of drug-likeness (QED) is 0.781. The van der Waals surface area contributed by atoms with Crippen molar-refractivity contribution in [2.24, 2.45) is 0 Å². The molecule has 31 heavy (non-hydrogen) atoms. The number of carbonyl (C=O) groups excluding carboxylic acids is 2. The van der Waals surface area contributed by atoms with Crippen LogP contribution in [0.1, 0.15) is 58.2 Å². The Morgan fingerprint density at radius 2 is 1.90 bits per heavy atom. The number of amides is 2. The van der Waals surface area contributed by atoms with Gasteiger partial charge >= 0.3 is 0 Å². The van der Waals surface area contributed by atoms with Crippen LogP contribution in [0.15, 0.2) is 23.1 Å². The Bertz CT molecular complexity index is 1140. The minimum Gasteiger partial charge on any atom is -0.503 e. The van der Waals surface area contributed by atoms with Crippen molar-refractivity contribution in [3.8, 4) is 5.75 Å². The van der Waals surface area contributed by atoms with Crippen molar-refractivity contribution in [3.63, 3.8) is 0 Å². The second-order valence-corrected chi connectivity index (χ2v) is 8.51. The van der Waals surface area contributed by atoms with Gasteiger partial charge in [0.25, 0.3) is 11.8 Å². The normalized spacial score (nSPS) is 20.3. The average Bonchev–Trinajstić information content (AvgIpc) is 2.88. The lowest BCUT2D eigenvalue weighted by Crippen LogP contribution is -2.52. The third-order valence-corrected chi connectivity index (χ3v) is 6.14. The molecule has 0 saturated carbocycles. The summed E-state index contributed by atoms with van der Waals surface area (Å²) in [6.07, 6.45) is 3.63. The van der Waals surface area contributed by atoms with E-state index in [1.807, 2.05) is 6.92 Å². The third kappa shape index (κ3) is 3.47. The number of pyridine rings is 1. The standard InChI is InChI=1S/C22H23F2N3O4/c1-12-7-15(23)13(16(24)8-12)9-25-20(30)14-10-27-17(19(29)18(14)28)21(31)26-6-4-3-5-22(27,2)11-26/h7-8,10,29H,3-6,9,11H2,1-2H3,(H,25,30). The Balaban J connectivity index is 1.71. The first-order valence-corrected chi connectivity index (χ1v) is 10.1. The monoisotopic (exact) mass is 431 g/mol. The number of nitrogens with one attached hydrogen (secondary N) is 1. The first kappa shape index (κ1) is 21.0. The molecule has 1 unspecified atom stereocenters. The lowest BCUT2D eigenvalue weighted by molar-refractivity contribution is 0.0592. The minimum atomic E-state index is -0.995. The van der Waals surface area contributed by atoms with Gasteiger partial charge in [0.2, 0.25) is 5.43 Å². The number of aryl methyl sites for hydroxylation is 1. The van der Waals surface area contributed by atoms with E-state index in [0.29, 0.717) is 25.1 Å². The minimum absolute atomic E-state index is 0.132. The molecule has 0 radical (unpaired) electrons. The zero-order valence-corrected chi connectivity index (χ0v) is 17.3. The molecule has 2 aromatic rings. The maximum Gasteiger partial charge on any atom is 0.274 e. The summed E-state index contributed by atoms with van der Waals surface area (Å²) in [7, 11) is 0. The van der Waals surface area contributed by atoms with Crippen LogP contribution in [0.5, 0.6) is 5.75 Å². The smallest absolute Gasteiger partial charge is 0.274 e. The molecule has 0 spiro atoms. The first-order valence-electron chi connectivity index (χ1n) is 10.1. The molecule has 164 valence electrons. The van der Waals surface area contributed by atoms with Crippen molar-refractivity contribution in [3.05, 3.63) is 62.6 Å². The fourth-order valence-corrected chi connectivity index (χ4v) is 4.45. The topological polar surface area (TPSA) is 91.6 Å². The van der Waals surface area contributed by atoms with E-state index >= 15 is 0 Å². The molecule has 2 aliphatic heterocycles. The van der Waals surface area contributed by atoms with Gasteiger partial charge in [0.15, 0.2) is 11.4 Å². The molecule has 1 aromatic carbocycles. The fourth-order valence-electron chi connectivity index (χ4n) is 4.45. The summed E-state index contributed by atoms with van der Waals surface area (Å²) >= 11 is 0. The van der Waals surface area contributed by atoms with Crippen molar-refractivity contribution < 1.29 is 23.5 Å².